The zero-order chi connectivity index (χ0) is 28.8. The SMILES string of the molecule is NC(=O)CC[C@](N)(C(=O)N[C@@H](CCC(=O)CBr)C(=O)O)C(=O)OCc1ccccc1.O=C(O)C(F)(F)F. The second-order valence-electron chi connectivity index (χ2n) is 7.38. The molecule has 1 rings (SSSR count). The average molecular weight is 600 g/mol. The number of primary amides is 1. The summed E-state index contributed by atoms with van der Waals surface area (Å²) in [5.41, 5.74) is 9.37. The van der Waals surface area contributed by atoms with Crippen LogP contribution in [0.2, 0.25) is 0 Å². The van der Waals surface area contributed by atoms with E-state index in [9.17, 15) is 42.3 Å². The van der Waals surface area contributed by atoms with Crippen molar-refractivity contribution in [3.05, 3.63) is 35.9 Å². The summed E-state index contributed by atoms with van der Waals surface area (Å²) in [6.07, 6.45) is -6.27. The highest BCUT2D eigenvalue weighted by Gasteiger charge is 2.45. The first-order valence-corrected chi connectivity index (χ1v) is 11.4. The van der Waals surface area contributed by atoms with E-state index < -0.39 is 60.3 Å². The van der Waals surface area contributed by atoms with Gasteiger partial charge < -0.3 is 31.7 Å². The molecule has 0 bridgehead atoms. The van der Waals surface area contributed by atoms with Crippen LogP contribution in [0.4, 0.5) is 13.2 Å². The number of ether oxygens (including phenoxy) is 1. The van der Waals surface area contributed by atoms with Gasteiger partial charge in [0.25, 0.3) is 5.91 Å². The molecule has 0 spiro atoms. The predicted molar refractivity (Wildman–Crippen MR) is 123 cm³/mol. The molecule has 7 N–H and O–H groups in total. The molecule has 0 saturated carbocycles. The Morgan fingerprint density at radius 1 is 1.03 bits per heavy atom. The van der Waals surface area contributed by atoms with Crippen molar-refractivity contribution in [2.24, 2.45) is 11.5 Å². The molecule has 0 aromatic heterocycles. The minimum atomic E-state index is -5.08. The maximum absolute atomic E-state index is 12.7. The number of carboxylic acid groups (broad SMARTS) is 2. The second-order valence-corrected chi connectivity index (χ2v) is 7.94. The maximum atomic E-state index is 12.7. The van der Waals surface area contributed by atoms with Gasteiger partial charge in [-0.15, -0.1) is 0 Å². The van der Waals surface area contributed by atoms with Gasteiger partial charge in [-0.1, -0.05) is 46.3 Å². The van der Waals surface area contributed by atoms with Gasteiger partial charge in [0, 0.05) is 12.8 Å². The van der Waals surface area contributed by atoms with E-state index in [2.05, 4.69) is 21.2 Å². The summed E-state index contributed by atoms with van der Waals surface area (Å²) < 4.78 is 36.9. The zero-order valence-corrected chi connectivity index (χ0v) is 20.7. The quantitative estimate of drug-likeness (QED) is 0.121. The number of hydrogen-bond acceptors (Lipinski definition) is 8. The Hall–Kier alpha value is -3.53. The van der Waals surface area contributed by atoms with Gasteiger partial charge in [-0.3, -0.25) is 14.4 Å². The summed E-state index contributed by atoms with van der Waals surface area (Å²) in [5.74, 6) is -7.49. The highest BCUT2D eigenvalue weighted by Crippen LogP contribution is 2.16. The summed E-state index contributed by atoms with van der Waals surface area (Å²) >= 11 is 2.96. The highest BCUT2D eigenvalue weighted by molar-refractivity contribution is 9.09. The van der Waals surface area contributed by atoms with E-state index in [0.29, 0.717) is 5.56 Å². The molecule has 206 valence electrons. The van der Waals surface area contributed by atoms with Crippen LogP contribution in [-0.2, 0) is 40.1 Å². The number of alkyl halides is 4. The molecule has 16 heteroatoms. The molecule has 0 fully saturated rings. The van der Waals surface area contributed by atoms with Crippen molar-refractivity contribution in [1.82, 2.24) is 5.32 Å². The van der Waals surface area contributed by atoms with E-state index in [1.54, 1.807) is 30.3 Å². The third-order valence-electron chi connectivity index (χ3n) is 4.45. The van der Waals surface area contributed by atoms with Gasteiger partial charge in [0.1, 0.15) is 18.4 Å². The molecule has 2 amide bonds. The Kier molecular flexibility index (Phi) is 14.1. The Morgan fingerprint density at radius 3 is 2.00 bits per heavy atom. The average Bonchev–Trinajstić information content (AvgIpc) is 2.83. The van der Waals surface area contributed by atoms with Crippen LogP contribution in [0.15, 0.2) is 30.3 Å². The van der Waals surface area contributed by atoms with E-state index in [4.69, 9.17) is 26.1 Å². The van der Waals surface area contributed by atoms with Gasteiger partial charge >= 0.3 is 24.1 Å². The molecule has 1 aromatic carbocycles. The van der Waals surface area contributed by atoms with E-state index in [1.165, 1.54) is 0 Å². The van der Waals surface area contributed by atoms with Crippen molar-refractivity contribution < 1.29 is 56.9 Å². The summed E-state index contributed by atoms with van der Waals surface area (Å²) in [6.45, 7) is -0.176. The first-order valence-electron chi connectivity index (χ1n) is 10.2. The number of ketones is 1. The number of amides is 2. The van der Waals surface area contributed by atoms with Gasteiger partial charge in [0.2, 0.25) is 5.91 Å². The van der Waals surface area contributed by atoms with Crippen LogP contribution >= 0.6 is 15.9 Å². The number of carboxylic acids is 2. The number of rotatable bonds is 13. The van der Waals surface area contributed by atoms with Crippen molar-refractivity contribution in [2.75, 3.05) is 5.33 Å². The fourth-order valence-corrected chi connectivity index (χ4v) is 2.68. The summed E-state index contributed by atoms with van der Waals surface area (Å²) in [7, 11) is 0. The molecule has 0 aliphatic rings. The van der Waals surface area contributed by atoms with Crippen LogP contribution in [0.1, 0.15) is 31.2 Å². The molecule has 0 aliphatic carbocycles. The van der Waals surface area contributed by atoms with Crippen molar-refractivity contribution in [3.63, 3.8) is 0 Å². The topological polar surface area (TPSA) is 216 Å². The molecule has 1 aromatic rings. The lowest BCUT2D eigenvalue weighted by Crippen LogP contribution is -2.62. The monoisotopic (exact) mass is 599 g/mol. The van der Waals surface area contributed by atoms with Gasteiger partial charge in [0.05, 0.1) is 5.33 Å². The number of esters is 1. The van der Waals surface area contributed by atoms with Crippen molar-refractivity contribution in [2.45, 2.75) is 50.0 Å². The van der Waals surface area contributed by atoms with Crippen LogP contribution in [-0.4, -0.2) is 68.8 Å². The van der Waals surface area contributed by atoms with Crippen molar-refractivity contribution >= 4 is 51.4 Å². The number of Topliss-reactive ketones (excluding diaryl/α,β-unsaturated/α-hetero) is 1. The lowest BCUT2D eigenvalue weighted by Gasteiger charge is -2.27. The summed E-state index contributed by atoms with van der Waals surface area (Å²) in [6, 6.07) is 7.14. The number of halogens is 4. The third kappa shape index (κ3) is 12.8. The van der Waals surface area contributed by atoms with E-state index in [-0.39, 0.29) is 30.6 Å². The minimum Gasteiger partial charge on any atom is -0.480 e. The lowest BCUT2D eigenvalue weighted by atomic mass is 9.92. The molecular formula is C21H25BrF3N3O9. The first-order chi connectivity index (χ1) is 17.0. The van der Waals surface area contributed by atoms with E-state index in [1.807, 2.05) is 0 Å². The molecule has 0 saturated heterocycles. The van der Waals surface area contributed by atoms with Crippen LogP contribution in [0, 0.1) is 0 Å². The molecule has 0 aliphatic heterocycles. The molecule has 2 atom stereocenters. The van der Waals surface area contributed by atoms with Crippen molar-refractivity contribution in [1.29, 1.82) is 0 Å². The number of carbonyl (C=O) groups excluding carboxylic acids is 4. The lowest BCUT2D eigenvalue weighted by molar-refractivity contribution is -0.192. The van der Waals surface area contributed by atoms with Crippen molar-refractivity contribution in [3.8, 4) is 0 Å². The molecule has 0 heterocycles. The van der Waals surface area contributed by atoms with E-state index >= 15 is 0 Å². The normalized spacial score (nSPS) is 13.1. The van der Waals surface area contributed by atoms with Crippen LogP contribution in [0.25, 0.3) is 0 Å². The summed E-state index contributed by atoms with van der Waals surface area (Å²) in [4.78, 5) is 68.2. The Bertz CT molecular complexity index is 977. The number of benzene rings is 1. The fraction of sp³-hybridized carbons (Fsp3) is 0.429. The largest absolute Gasteiger partial charge is 0.490 e. The van der Waals surface area contributed by atoms with E-state index in [0.717, 1.165) is 0 Å². The highest BCUT2D eigenvalue weighted by atomic mass is 79.9. The van der Waals surface area contributed by atoms with Gasteiger partial charge in [-0.25, -0.2) is 14.4 Å². The smallest absolute Gasteiger partial charge is 0.480 e. The van der Waals surface area contributed by atoms with Gasteiger partial charge in [0.15, 0.2) is 5.54 Å². The van der Waals surface area contributed by atoms with Crippen LogP contribution in [0.5, 0.6) is 0 Å². The molecular weight excluding hydrogens is 575 g/mol. The Balaban J connectivity index is 0.00000161. The summed E-state index contributed by atoms with van der Waals surface area (Å²) in [5, 5.41) is 18.6. The minimum absolute atomic E-state index is 0.0402. The molecule has 37 heavy (non-hydrogen) atoms. The van der Waals surface area contributed by atoms with Gasteiger partial charge in [-0.05, 0) is 18.4 Å². The number of nitrogens with two attached hydrogens (primary N) is 2. The second kappa shape index (κ2) is 15.6. The first kappa shape index (κ1) is 33.5. The molecule has 12 nitrogen and oxygen atoms in total. The van der Waals surface area contributed by atoms with Crippen LogP contribution < -0.4 is 16.8 Å². The molecule has 0 unspecified atom stereocenters. The third-order valence-corrected chi connectivity index (χ3v) is 5.08. The fourth-order valence-electron chi connectivity index (χ4n) is 2.40. The zero-order valence-electron chi connectivity index (χ0n) is 19.1. The Morgan fingerprint density at radius 2 is 1.57 bits per heavy atom. The number of aliphatic carboxylic acids is 2. The maximum Gasteiger partial charge on any atom is 0.490 e. The predicted octanol–water partition coefficient (Wildman–Crippen LogP) is 0.640. The number of hydrogen-bond donors (Lipinski definition) is 5. The van der Waals surface area contributed by atoms with Gasteiger partial charge in [-0.2, -0.15) is 13.2 Å². The standard InChI is InChI=1S/C19H24BrN3O7.C2HF3O2/c20-10-13(24)6-7-14(16(26)27)23-17(28)19(22,9-8-15(21)25)18(29)30-11-12-4-2-1-3-5-12;3-2(4,5)1(6)7/h1-5,14H,6-11,22H2,(H2,21,25)(H,23,28)(H,26,27);(H,6,7)/t14-,19-;/m0./s1. The number of nitrogens with one attached hydrogen (secondary N) is 1. The van der Waals surface area contributed by atoms with Crippen LogP contribution in [0.3, 0.4) is 0 Å². The Labute approximate surface area is 216 Å². The number of carbonyl (C=O) groups is 6. The molecule has 0 radical (unpaired) electrons.